The van der Waals surface area contributed by atoms with Crippen LogP contribution in [0.3, 0.4) is 0 Å². The summed E-state index contributed by atoms with van der Waals surface area (Å²) in [5.41, 5.74) is 3.40. The highest BCUT2D eigenvalue weighted by Gasteiger charge is 2.14. The molecule has 0 aliphatic carbocycles. The lowest BCUT2D eigenvalue weighted by Crippen LogP contribution is -2.14. The summed E-state index contributed by atoms with van der Waals surface area (Å²) in [5.74, 6) is 1.35. The molecule has 3 aromatic rings. The minimum absolute atomic E-state index is 0.0454. The third-order valence-electron chi connectivity index (χ3n) is 4.05. The van der Waals surface area contributed by atoms with Crippen molar-refractivity contribution in [2.45, 2.75) is 25.6 Å². The van der Waals surface area contributed by atoms with Gasteiger partial charge in [-0.15, -0.1) is 0 Å². The van der Waals surface area contributed by atoms with Crippen LogP contribution in [0.25, 0.3) is 11.1 Å². The van der Waals surface area contributed by atoms with E-state index in [0.29, 0.717) is 17.6 Å². The van der Waals surface area contributed by atoms with Crippen molar-refractivity contribution < 1.29 is 9.34 Å². The highest BCUT2D eigenvalue weighted by atomic mass is 32.2. The number of rotatable bonds is 7. The van der Waals surface area contributed by atoms with Crippen LogP contribution in [0.4, 0.5) is 5.69 Å². The first-order chi connectivity index (χ1) is 12.1. The van der Waals surface area contributed by atoms with Gasteiger partial charge in [0.2, 0.25) is 0 Å². The number of hydrogen-bond donors (Lipinski definition) is 0. The number of aromatic nitrogens is 1. The zero-order valence-electron chi connectivity index (χ0n) is 13.8. The van der Waals surface area contributed by atoms with Gasteiger partial charge in [-0.25, -0.2) is 4.79 Å². The van der Waals surface area contributed by atoms with Crippen LogP contribution in [0.1, 0.15) is 17.5 Å². The second kappa shape index (κ2) is 7.57. The summed E-state index contributed by atoms with van der Waals surface area (Å²) in [7, 11) is 0. The summed E-state index contributed by atoms with van der Waals surface area (Å²) < 4.78 is 6.62. The number of nitro groups is 1. The second-order valence-corrected chi connectivity index (χ2v) is 6.87. The number of hydrogen-bond acceptors (Lipinski definition) is 5. The van der Waals surface area contributed by atoms with Crippen molar-refractivity contribution >= 4 is 28.5 Å². The Morgan fingerprint density at radius 2 is 2.04 bits per heavy atom. The van der Waals surface area contributed by atoms with Crippen LogP contribution in [0.2, 0.25) is 0 Å². The number of thioether (sulfide) groups is 1. The van der Waals surface area contributed by atoms with E-state index in [1.54, 1.807) is 0 Å². The molecular formula is C18H18N2O4S. The number of benzene rings is 2. The van der Waals surface area contributed by atoms with E-state index in [2.05, 4.69) is 19.1 Å². The van der Waals surface area contributed by atoms with Gasteiger partial charge in [-0.1, -0.05) is 24.3 Å². The maximum atomic E-state index is 12.0. The zero-order valence-corrected chi connectivity index (χ0v) is 14.6. The van der Waals surface area contributed by atoms with Gasteiger partial charge in [0, 0.05) is 24.4 Å². The Hall–Kier alpha value is -2.54. The first kappa shape index (κ1) is 17.3. The first-order valence-electron chi connectivity index (χ1n) is 7.96. The van der Waals surface area contributed by atoms with Crippen molar-refractivity contribution in [2.75, 3.05) is 5.75 Å². The van der Waals surface area contributed by atoms with Gasteiger partial charge in [-0.3, -0.25) is 14.7 Å². The molecule has 0 amide bonds. The van der Waals surface area contributed by atoms with Gasteiger partial charge >= 0.3 is 5.76 Å². The van der Waals surface area contributed by atoms with Gasteiger partial charge < -0.3 is 4.42 Å². The van der Waals surface area contributed by atoms with Crippen LogP contribution in [-0.4, -0.2) is 15.2 Å². The third kappa shape index (κ3) is 3.93. The molecule has 2 aromatic carbocycles. The predicted molar refractivity (Wildman–Crippen MR) is 99.1 cm³/mol. The molecule has 0 saturated carbocycles. The summed E-state index contributed by atoms with van der Waals surface area (Å²) >= 11 is 1.81. The van der Waals surface area contributed by atoms with E-state index in [1.807, 2.05) is 23.9 Å². The fourth-order valence-electron chi connectivity index (χ4n) is 2.65. The summed E-state index contributed by atoms with van der Waals surface area (Å²) in [6, 6.07) is 12.5. The molecule has 1 aromatic heterocycles. The van der Waals surface area contributed by atoms with Crippen LogP contribution in [0.5, 0.6) is 0 Å². The van der Waals surface area contributed by atoms with Crippen LogP contribution in [-0.2, 0) is 12.3 Å². The lowest BCUT2D eigenvalue weighted by molar-refractivity contribution is -0.384. The van der Waals surface area contributed by atoms with Crippen molar-refractivity contribution in [2.24, 2.45) is 0 Å². The molecule has 0 bridgehead atoms. The second-order valence-electron chi connectivity index (χ2n) is 5.76. The smallest absolute Gasteiger partial charge is 0.408 e. The number of nitrogens with zero attached hydrogens (tertiary/aromatic N) is 2. The molecule has 0 unspecified atom stereocenters. The molecule has 0 spiro atoms. The normalized spacial score (nSPS) is 11.1. The van der Waals surface area contributed by atoms with Crippen molar-refractivity contribution in [3.05, 3.63) is 74.3 Å². The van der Waals surface area contributed by atoms with Gasteiger partial charge in [0.1, 0.15) is 0 Å². The highest BCUT2D eigenvalue weighted by Crippen LogP contribution is 2.21. The third-order valence-corrected chi connectivity index (χ3v) is 5.14. The zero-order chi connectivity index (χ0) is 17.8. The minimum atomic E-state index is -0.473. The Morgan fingerprint density at radius 3 is 2.80 bits per heavy atom. The molecule has 0 aliphatic heterocycles. The summed E-state index contributed by atoms with van der Waals surface area (Å²) in [5, 5.41) is 10.9. The molecule has 6 nitrogen and oxygen atoms in total. The monoisotopic (exact) mass is 358 g/mol. The van der Waals surface area contributed by atoms with E-state index >= 15 is 0 Å². The van der Waals surface area contributed by atoms with Crippen LogP contribution >= 0.6 is 11.8 Å². The Bertz CT molecular complexity index is 961. The fourth-order valence-corrected chi connectivity index (χ4v) is 3.68. The molecule has 0 aliphatic rings. The largest absolute Gasteiger partial charge is 0.419 e. The molecule has 3 rings (SSSR count). The Morgan fingerprint density at radius 1 is 1.24 bits per heavy atom. The molecule has 7 heteroatoms. The SMILES string of the molecule is Cc1ccccc1CSCCCn1c(=O)oc2ccc([N+](=O)[O-])cc21. The summed E-state index contributed by atoms with van der Waals surface area (Å²) in [6.07, 6.45) is 0.785. The summed E-state index contributed by atoms with van der Waals surface area (Å²) in [4.78, 5) is 22.4. The number of oxazole rings is 1. The quantitative estimate of drug-likeness (QED) is 0.360. The van der Waals surface area contributed by atoms with Crippen molar-refractivity contribution in [3.63, 3.8) is 0 Å². The fraction of sp³-hybridized carbons (Fsp3) is 0.278. The number of non-ortho nitro benzene ring substituents is 1. The van der Waals surface area contributed by atoms with Crippen molar-refractivity contribution in [3.8, 4) is 0 Å². The molecule has 0 atom stereocenters. The Balaban J connectivity index is 1.62. The average molecular weight is 358 g/mol. The van der Waals surface area contributed by atoms with E-state index in [0.717, 1.165) is 17.9 Å². The maximum absolute atomic E-state index is 12.0. The van der Waals surface area contributed by atoms with Crippen LogP contribution in [0, 0.1) is 17.0 Å². The predicted octanol–water partition coefficient (Wildman–Crippen LogP) is 4.13. The average Bonchev–Trinajstić information content (AvgIpc) is 2.91. The van der Waals surface area contributed by atoms with Crippen LogP contribution < -0.4 is 5.76 Å². The van der Waals surface area contributed by atoms with E-state index < -0.39 is 10.7 Å². The molecule has 0 fully saturated rings. The first-order valence-corrected chi connectivity index (χ1v) is 9.12. The van der Waals surface area contributed by atoms with Gasteiger partial charge in [0.25, 0.3) is 5.69 Å². The molecule has 0 radical (unpaired) electrons. The van der Waals surface area contributed by atoms with E-state index in [4.69, 9.17) is 4.42 Å². The lowest BCUT2D eigenvalue weighted by atomic mass is 10.1. The van der Waals surface area contributed by atoms with Gasteiger partial charge in [0.05, 0.1) is 10.4 Å². The number of fused-ring (bicyclic) bond motifs is 1. The molecule has 0 N–H and O–H groups in total. The molecule has 0 saturated heterocycles. The topological polar surface area (TPSA) is 78.3 Å². The Labute approximate surface area is 148 Å². The number of aryl methyl sites for hydroxylation is 2. The van der Waals surface area contributed by atoms with Crippen molar-refractivity contribution in [1.29, 1.82) is 0 Å². The Kier molecular flexibility index (Phi) is 5.23. The van der Waals surface area contributed by atoms with E-state index in [9.17, 15) is 14.9 Å². The standard InChI is InChI=1S/C18H18N2O4S/c1-13-5-2-3-6-14(13)12-25-10-4-9-19-16-11-15(20(22)23)7-8-17(16)24-18(19)21/h2-3,5-8,11H,4,9-10,12H2,1H3. The maximum Gasteiger partial charge on any atom is 0.419 e. The van der Waals surface area contributed by atoms with E-state index in [-0.39, 0.29) is 5.69 Å². The van der Waals surface area contributed by atoms with Crippen molar-refractivity contribution in [1.82, 2.24) is 4.57 Å². The molecule has 1 heterocycles. The van der Waals surface area contributed by atoms with Crippen LogP contribution in [0.15, 0.2) is 51.7 Å². The molecule has 25 heavy (non-hydrogen) atoms. The van der Waals surface area contributed by atoms with Gasteiger partial charge in [-0.05, 0) is 36.3 Å². The minimum Gasteiger partial charge on any atom is -0.408 e. The van der Waals surface area contributed by atoms with Gasteiger partial charge in [-0.2, -0.15) is 11.8 Å². The summed E-state index contributed by atoms with van der Waals surface area (Å²) in [6.45, 7) is 2.58. The van der Waals surface area contributed by atoms with E-state index in [1.165, 1.54) is 33.9 Å². The lowest BCUT2D eigenvalue weighted by Gasteiger charge is -2.06. The molecule has 130 valence electrons. The molecular weight excluding hydrogens is 340 g/mol. The number of nitro benzene ring substituents is 1. The van der Waals surface area contributed by atoms with Gasteiger partial charge in [0.15, 0.2) is 5.58 Å². The highest BCUT2D eigenvalue weighted by molar-refractivity contribution is 7.98.